The van der Waals surface area contributed by atoms with Crippen LogP contribution in [-0.2, 0) is 21.2 Å². The van der Waals surface area contributed by atoms with E-state index in [4.69, 9.17) is 4.74 Å². The summed E-state index contributed by atoms with van der Waals surface area (Å²) in [6.45, 7) is 1.62. The maximum atomic E-state index is 12.9. The molecule has 0 aliphatic carbocycles. The molecule has 1 amide bonds. The number of hydrogen-bond acceptors (Lipinski definition) is 5. The quantitative estimate of drug-likeness (QED) is 0.707. The number of nitrogens with zero attached hydrogens (tertiary/aromatic N) is 2. The van der Waals surface area contributed by atoms with Gasteiger partial charge in [-0.25, -0.2) is 8.42 Å². The Bertz CT molecular complexity index is 1080. The van der Waals surface area contributed by atoms with Gasteiger partial charge in [0.2, 0.25) is 10.0 Å². The Hall–Kier alpha value is -2.63. The molecule has 2 aliphatic heterocycles. The molecule has 2 aromatic carbocycles. The van der Waals surface area contributed by atoms with Gasteiger partial charge in [-0.1, -0.05) is 0 Å². The van der Waals surface area contributed by atoms with Crippen molar-refractivity contribution in [3.63, 3.8) is 0 Å². The van der Waals surface area contributed by atoms with Gasteiger partial charge in [0.1, 0.15) is 5.75 Å². The van der Waals surface area contributed by atoms with Gasteiger partial charge in [0.25, 0.3) is 5.91 Å². The Kier molecular flexibility index (Phi) is 5.67. The predicted molar refractivity (Wildman–Crippen MR) is 105 cm³/mol. The smallest absolute Gasteiger partial charge is 0.406 e. The highest BCUT2D eigenvalue weighted by Gasteiger charge is 2.32. The Morgan fingerprint density at radius 3 is 2.32 bits per heavy atom. The first-order chi connectivity index (χ1) is 14.6. The molecule has 2 aliphatic rings. The number of halogens is 3. The number of benzene rings is 2. The minimum Gasteiger partial charge on any atom is -0.406 e. The summed E-state index contributed by atoms with van der Waals surface area (Å²) >= 11 is 0. The molecule has 166 valence electrons. The number of hydrogen-bond donors (Lipinski definition) is 0. The zero-order valence-corrected chi connectivity index (χ0v) is 17.1. The van der Waals surface area contributed by atoms with Crippen molar-refractivity contribution in [2.45, 2.75) is 17.7 Å². The molecular weight excluding hydrogens is 437 g/mol. The summed E-state index contributed by atoms with van der Waals surface area (Å²) < 4.78 is 73.0. The molecule has 0 radical (unpaired) electrons. The molecule has 7 nitrogen and oxygen atoms in total. The van der Waals surface area contributed by atoms with E-state index in [2.05, 4.69) is 4.74 Å². The number of morpholine rings is 1. The summed E-state index contributed by atoms with van der Waals surface area (Å²) in [5.74, 6) is -0.801. The van der Waals surface area contributed by atoms with Crippen LogP contribution < -0.4 is 9.64 Å². The largest absolute Gasteiger partial charge is 0.573 e. The van der Waals surface area contributed by atoms with Gasteiger partial charge >= 0.3 is 6.36 Å². The number of carbonyl (C=O) groups is 1. The van der Waals surface area contributed by atoms with Gasteiger partial charge in [-0.15, -0.1) is 13.2 Å². The summed E-state index contributed by atoms with van der Waals surface area (Å²) in [7, 11) is -3.65. The van der Waals surface area contributed by atoms with Crippen LogP contribution in [0, 0.1) is 0 Å². The lowest BCUT2D eigenvalue weighted by molar-refractivity contribution is -0.274. The standard InChI is InChI=1S/C20H19F3N2O5S/c21-20(22,23)30-16-3-1-14(2-4-16)19(26)25-8-7-15-13-17(5-6-18(15)25)31(27,28)24-9-11-29-12-10-24/h1-6,13H,7-12H2. The minimum absolute atomic E-state index is 0.163. The van der Waals surface area contributed by atoms with Gasteiger partial charge in [0.05, 0.1) is 18.1 Å². The number of amides is 1. The molecule has 0 spiro atoms. The molecule has 2 heterocycles. The van der Waals surface area contributed by atoms with E-state index >= 15 is 0 Å². The first-order valence-electron chi connectivity index (χ1n) is 9.54. The van der Waals surface area contributed by atoms with E-state index in [1.807, 2.05) is 0 Å². The van der Waals surface area contributed by atoms with E-state index in [0.717, 1.165) is 17.7 Å². The molecule has 0 unspecified atom stereocenters. The van der Waals surface area contributed by atoms with Crippen LogP contribution in [0.5, 0.6) is 5.75 Å². The fraction of sp³-hybridized carbons (Fsp3) is 0.350. The van der Waals surface area contributed by atoms with Crippen molar-refractivity contribution in [2.24, 2.45) is 0 Å². The number of fused-ring (bicyclic) bond motifs is 1. The second-order valence-electron chi connectivity index (χ2n) is 7.09. The molecule has 4 rings (SSSR count). The maximum Gasteiger partial charge on any atom is 0.573 e. The molecule has 0 saturated carbocycles. The van der Waals surface area contributed by atoms with Crippen LogP contribution in [-0.4, -0.2) is 57.8 Å². The minimum atomic E-state index is -4.81. The third kappa shape index (κ3) is 4.53. The van der Waals surface area contributed by atoms with E-state index in [1.165, 1.54) is 27.4 Å². The number of ether oxygens (including phenoxy) is 2. The van der Waals surface area contributed by atoms with Gasteiger partial charge in [-0.3, -0.25) is 4.79 Å². The molecule has 31 heavy (non-hydrogen) atoms. The highest BCUT2D eigenvalue weighted by Crippen LogP contribution is 2.33. The number of carbonyl (C=O) groups excluding carboxylic acids is 1. The molecular formula is C20H19F3N2O5S. The fourth-order valence-corrected chi connectivity index (χ4v) is 5.10. The maximum absolute atomic E-state index is 12.9. The van der Waals surface area contributed by atoms with Gasteiger partial charge in [-0.05, 0) is 54.4 Å². The second-order valence-corrected chi connectivity index (χ2v) is 9.02. The zero-order chi connectivity index (χ0) is 22.2. The predicted octanol–water partition coefficient (Wildman–Crippen LogP) is 2.81. The average Bonchev–Trinajstić information content (AvgIpc) is 3.16. The van der Waals surface area contributed by atoms with Crippen molar-refractivity contribution in [3.05, 3.63) is 53.6 Å². The van der Waals surface area contributed by atoms with E-state index in [-0.39, 0.29) is 29.5 Å². The topological polar surface area (TPSA) is 76.2 Å². The summed E-state index contributed by atoms with van der Waals surface area (Å²) in [5, 5.41) is 0. The number of anilines is 1. The molecule has 0 atom stereocenters. The normalized spacial score (nSPS) is 17.5. The number of alkyl halides is 3. The fourth-order valence-electron chi connectivity index (χ4n) is 3.64. The molecule has 0 bridgehead atoms. The zero-order valence-electron chi connectivity index (χ0n) is 16.3. The van der Waals surface area contributed by atoms with E-state index in [9.17, 15) is 26.4 Å². The van der Waals surface area contributed by atoms with Crippen LogP contribution in [0.15, 0.2) is 47.4 Å². The van der Waals surface area contributed by atoms with Crippen molar-refractivity contribution in [1.29, 1.82) is 0 Å². The van der Waals surface area contributed by atoms with Gasteiger partial charge in [0, 0.05) is 30.9 Å². The lowest BCUT2D eigenvalue weighted by Gasteiger charge is -2.26. The van der Waals surface area contributed by atoms with Gasteiger partial charge in [-0.2, -0.15) is 4.31 Å². The highest BCUT2D eigenvalue weighted by atomic mass is 32.2. The Labute approximate surface area is 177 Å². The molecule has 0 aromatic heterocycles. The second kappa shape index (κ2) is 8.13. The van der Waals surface area contributed by atoms with Crippen LogP contribution in [0.2, 0.25) is 0 Å². The van der Waals surface area contributed by atoms with Crippen molar-refractivity contribution < 1.29 is 35.9 Å². The number of rotatable bonds is 4. The summed E-state index contributed by atoms with van der Waals surface area (Å²) in [6, 6.07) is 9.32. The van der Waals surface area contributed by atoms with Crippen LogP contribution in [0.1, 0.15) is 15.9 Å². The average molecular weight is 456 g/mol. The van der Waals surface area contributed by atoms with Gasteiger partial charge in [0.15, 0.2) is 0 Å². The molecule has 1 saturated heterocycles. The Morgan fingerprint density at radius 1 is 1.00 bits per heavy atom. The monoisotopic (exact) mass is 456 g/mol. The first kappa shape index (κ1) is 21.6. The van der Waals surface area contributed by atoms with Crippen LogP contribution in [0.3, 0.4) is 0 Å². The highest BCUT2D eigenvalue weighted by molar-refractivity contribution is 7.89. The van der Waals surface area contributed by atoms with E-state index in [0.29, 0.717) is 31.9 Å². The van der Waals surface area contributed by atoms with Crippen LogP contribution in [0.4, 0.5) is 18.9 Å². The van der Waals surface area contributed by atoms with Gasteiger partial charge < -0.3 is 14.4 Å². The van der Waals surface area contributed by atoms with E-state index in [1.54, 1.807) is 12.1 Å². The van der Waals surface area contributed by atoms with Crippen molar-refractivity contribution in [2.75, 3.05) is 37.7 Å². The summed E-state index contributed by atoms with van der Waals surface area (Å²) in [4.78, 5) is 14.5. The molecule has 1 fully saturated rings. The number of sulfonamides is 1. The Balaban J connectivity index is 1.53. The lowest BCUT2D eigenvalue weighted by Crippen LogP contribution is -2.40. The molecule has 2 aromatic rings. The van der Waals surface area contributed by atoms with Crippen molar-refractivity contribution in [3.8, 4) is 5.75 Å². The first-order valence-corrected chi connectivity index (χ1v) is 11.0. The van der Waals surface area contributed by atoms with E-state index < -0.39 is 22.1 Å². The van der Waals surface area contributed by atoms with Crippen molar-refractivity contribution in [1.82, 2.24) is 4.31 Å². The third-order valence-corrected chi connectivity index (χ3v) is 7.03. The van der Waals surface area contributed by atoms with Crippen molar-refractivity contribution >= 4 is 21.6 Å². The summed E-state index contributed by atoms with van der Waals surface area (Å²) in [6.07, 6.45) is -4.33. The lowest BCUT2D eigenvalue weighted by atomic mass is 10.1. The van der Waals surface area contributed by atoms with Crippen LogP contribution in [0.25, 0.3) is 0 Å². The molecule has 11 heteroatoms. The van der Waals surface area contributed by atoms with Crippen LogP contribution >= 0.6 is 0 Å². The molecule has 0 N–H and O–H groups in total. The summed E-state index contributed by atoms with van der Waals surface area (Å²) in [5.41, 5.74) is 1.51. The Morgan fingerprint density at radius 2 is 1.68 bits per heavy atom. The SMILES string of the molecule is O=C(c1ccc(OC(F)(F)F)cc1)N1CCc2cc(S(=O)(=O)N3CCOCC3)ccc21. The third-order valence-electron chi connectivity index (χ3n) is 5.13.